The van der Waals surface area contributed by atoms with Crippen LogP contribution in [-0.2, 0) is 13.6 Å². The number of phenols is 1. The van der Waals surface area contributed by atoms with Crippen LogP contribution in [-0.4, -0.2) is 27.0 Å². The summed E-state index contributed by atoms with van der Waals surface area (Å²) in [6.07, 6.45) is 1.65. The first kappa shape index (κ1) is 14.6. The molecule has 2 N–H and O–H groups in total. The molecule has 2 aromatic rings. The molecule has 0 aliphatic heterocycles. The van der Waals surface area contributed by atoms with E-state index in [1.165, 1.54) is 7.11 Å². The second-order valence-electron chi connectivity index (χ2n) is 4.52. The molecule has 0 aliphatic carbocycles. The fourth-order valence-electron chi connectivity index (χ4n) is 1.96. The van der Waals surface area contributed by atoms with Crippen LogP contribution in [0.5, 0.6) is 11.5 Å². The first-order valence-corrected chi connectivity index (χ1v) is 6.53. The van der Waals surface area contributed by atoms with Crippen LogP contribution >= 0.6 is 11.6 Å². The molecule has 0 aliphatic rings. The van der Waals surface area contributed by atoms with Gasteiger partial charge in [-0.1, -0.05) is 11.6 Å². The lowest BCUT2D eigenvalue weighted by molar-refractivity contribution is 0.368. The van der Waals surface area contributed by atoms with Crippen molar-refractivity contribution >= 4 is 11.6 Å². The quantitative estimate of drug-likeness (QED) is 0.883. The first-order valence-electron chi connectivity index (χ1n) is 6.15. The van der Waals surface area contributed by atoms with Crippen LogP contribution in [0, 0.1) is 0 Å². The molecule has 0 bridgehead atoms. The second kappa shape index (κ2) is 6.11. The van der Waals surface area contributed by atoms with Gasteiger partial charge in [-0.05, 0) is 13.0 Å². The molecule has 1 atom stereocenters. The van der Waals surface area contributed by atoms with Crippen molar-refractivity contribution in [2.24, 2.45) is 7.05 Å². The number of aromatic hydroxyl groups is 1. The Hall–Kier alpha value is -1.79. The second-order valence-corrected chi connectivity index (χ2v) is 4.95. The highest BCUT2D eigenvalue weighted by Gasteiger charge is 2.14. The minimum atomic E-state index is -0.00752. The fourth-order valence-corrected chi connectivity index (χ4v) is 2.19. The van der Waals surface area contributed by atoms with E-state index >= 15 is 0 Å². The summed E-state index contributed by atoms with van der Waals surface area (Å²) >= 11 is 6.00. The number of halogens is 1. The lowest BCUT2D eigenvalue weighted by Gasteiger charge is -2.15. The van der Waals surface area contributed by atoms with Gasteiger partial charge in [-0.25, -0.2) is 0 Å². The van der Waals surface area contributed by atoms with Crippen LogP contribution in [0.2, 0.25) is 5.02 Å². The van der Waals surface area contributed by atoms with E-state index < -0.39 is 0 Å². The van der Waals surface area contributed by atoms with Gasteiger partial charge in [0.05, 0.1) is 13.2 Å². The zero-order valence-corrected chi connectivity index (χ0v) is 12.3. The SMILES string of the molecule is COc1cc(Cl)cc(CNC(C)c2nncn2C)c1O. The van der Waals surface area contributed by atoms with E-state index in [-0.39, 0.29) is 11.8 Å². The number of benzene rings is 1. The molecule has 108 valence electrons. The third-order valence-corrected chi connectivity index (χ3v) is 3.29. The van der Waals surface area contributed by atoms with Crippen LogP contribution in [0.15, 0.2) is 18.5 Å². The van der Waals surface area contributed by atoms with Gasteiger partial charge in [0.2, 0.25) is 0 Å². The number of aryl methyl sites for hydroxylation is 1. The van der Waals surface area contributed by atoms with Crippen LogP contribution < -0.4 is 10.1 Å². The number of phenolic OH excluding ortho intramolecular Hbond substituents is 1. The van der Waals surface area contributed by atoms with Gasteiger partial charge in [0.1, 0.15) is 12.2 Å². The summed E-state index contributed by atoms with van der Waals surface area (Å²) in [5, 5.41) is 21.7. The Labute approximate surface area is 122 Å². The smallest absolute Gasteiger partial charge is 0.162 e. The number of nitrogens with zero attached hydrogens (tertiary/aromatic N) is 3. The van der Waals surface area contributed by atoms with Crippen molar-refractivity contribution in [3.8, 4) is 11.5 Å². The Morgan fingerprint density at radius 3 is 2.85 bits per heavy atom. The number of hydrogen-bond acceptors (Lipinski definition) is 5. The molecule has 6 nitrogen and oxygen atoms in total. The minimum absolute atomic E-state index is 0.00752. The van der Waals surface area contributed by atoms with Gasteiger partial charge in [-0.2, -0.15) is 0 Å². The van der Waals surface area contributed by atoms with Crippen molar-refractivity contribution in [2.75, 3.05) is 7.11 Å². The maximum Gasteiger partial charge on any atom is 0.162 e. The van der Waals surface area contributed by atoms with Gasteiger partial charge in [-0.15, -0.1) is 10.2 Å². The van der Waals surface area contributed by atoms with Crippen molar-refractivity contribution in [3.63, 3.8) is 0 Å². The third kappa shape index (κ3) is 3.02. The number of nitrogens with one attached hydrogen (secondary N) is 1. The first-order chi connectivity index (χ1) is 9.52. The van der Waals surface area contributed by atoms with Crippen molar-refractivity contribution in [1.82, 2.24) is 20.1 Å². The summed E-state index contributed by atoms with van der Waals surface area (Å²) in [7, 11) is 3.37. The number of ether oxygens (including phenoxy) is 1. The maximum absolute atomic E-state index is 10.1. The standard InChI is InChI=1S/C13H17ClN4O2/c1-8(13-17-16-7-18(13)2)15-6-9-4-10(14)5-11(20-3)12(9)19/h4-5,7-8,15,19H,6H2,1-3H3. The van der Waals surface area contributed by atoms with Crippen LogP contribution in [0.25, 0.3) is 0 Å². The molecule has 1 heterocycles. The van der Waals surface area contributed by atoms with Crippen LogP contribution in [0.1, 0.15) is 24.4 Å². The largest absolute Gasteiger partial charge is 0.504 e. The Kier molecular flexibility index (Phi) is 4.46. The molecular formula is C13H17ClN4O2. The van der Waals surface area contributed by atoms with Gasteiger partial charge in [0.25, 0.3) is 0 Å². The average Bonchev–Trinajstić information content (AvgIpc) is 2.85. The normalized spacial score (nSPS) is 12.4. The van der Waals surface area contributed by atoms with Crippen molar-refractivity contribution in [1.29, 1.82) is 0 Å². The predicted molar refractivity (Wildman–Crippen MR) is 75.9 cm³/mol. The van der Waals surface area contributed by atoms with E-state index in [0.717, 1.165) is 5.82 Å². The maximum atomic E-state index is 10.1. The number of methoxy groups -OCH3 is 1. The molecule has 7 heteroatoms. The van der Waals surface area contributed by atoms with Crippen LogP contribution in [0.4, 0.5) is 0 Å². The van der Waals surface area contributed by atoms with Gasteiger partial charge in [-0.3, -0.25) is 0 Å². The topological polar surface area (TPSA) is 72.2 Å². The third-order valence-electron chi connectivity index (χ3n) is 3.07. The lowest BCUT2D eigenvalue weighted by Crippen LogP contribution is -2.21. The Bertz CT molecular complexity index is 600. The van der Waals surface area contributed by atoms with E-state index in [4.69, 9.17) is 16.3 Å². The Morgan fingerprint density at radius 1 is 1.50 bits per heavy atom. The summed E-state index contributed by atoms with van der Waals surface area (Å²) < 4.78 is 6.92. The molecule has 0 saturated heterocycles. The molecule has 2 rings (SSSR count). The number of rotatable bonds is 5. The van der Waals surface area contributed by atoms with E-state index in [1.54, 1.807) is 18.5 Å². The highest BCUT2D eigenvalue weighted by Crippen LogP contribution is 2.33. The molecule has 1 unspecified atom stereocenters. The molecular weight excluding hydrogens is 280 g/mol. The average molecular weight is 297 g/mol. The molecule has 1 aromatic carbocycles. The predicted octanol–water partition coefficient (Wildman–Crippen LogP) is 2.03. The number of hydrogen-bond donors (Lipinski definition) is 2. The highest BCUT2D eigenvalue weighted by molar-refractivity contribution is 6.30. The summed E-state index contributed by atoms with van der Waals surface area (Å²) in [6, 6.07) is 3.27. The summed E-state index contributed by atoms with van der Waals surface area (Å²) in [5.74, 6) is 1.27. The zero-order chi connectivity index (χ0) is 14.7. The van der Waals surface area contributed by atoms with Gasteiger partial charge >= 0.3 is 0 Å². The van der Waals surface area contributed by atoms with Crippen LogP contribution in [0.3, 0.4) is 0 Å². The summed E-state index contributed by atoms with van der Waals surface area (Å²) in [5.41, 5.74) is 0.670. The van der Waals surface area contributed by atoms with E-state index in [2.05, 4.69) is 15.5 Å². The minimum Gasteiger partial charge on any atom is -0.504 e. The summed E-state index contributed by atoms with van der Waals surface area (Å²) in [6.45, 7) is 2.42. The van der Waals surface area contributed by atoms with Crippen molar-refractivity contribution < 1.29 is 9.84 Å². The zero-order valence-electron chi connectivity index (χ0n) is 11.6. The fraction of sp³-hybridized carbons (Fsp3) is 0.385. The van der Waals surface area contributed by atoms with E-state index in [9.17, 15) is 5.11 Å². The lowest BCUT2D eigenvalue weighted by atomic mass is 10.1. The van der Waals surface area contributed by atoms with E-state index in [0.29, 0.717) is 22.9 Å². The monoisotopic (exact) mass is 296 g/mol. The Balaban J connectivity index is 2.11. The summed E-state index contributed by atoms with van der Waals surface area (Å²) in [4.78, 5) is 0. The van der Waals surface area contributed by atoms with Gasteiger partial charge in [0.15, 0.2) is 11.5 Å². The molecule has 0 saturated carbocycles. The highest BCUT2D eigenvalue weighted by atomic mass is 35.5. The molecule has 0 radical (unpaired) electrons. The molecule has 1 aromatic heterocycles. The van der Waals surface area contributed by atoms with Gasteiger partial charge in [0, 0.05) is 30.2 Å². The van der Waals surface area contributed by atoms with Crippen molar-refractivity contribution in [3.05, 3.63) is 34.9 Å². The van der Waals surface area contributed by atoms with Gasteiger partial charge < -0.3 is 19.7 Å². The number of aromatic nitrogens is 3. The molecule has 0 amide bonds. The molecule has 0 fully saturated rings. The van der Waals surface area contributed by atoms with Crippen molar-refractivity contribution in [2.45, 2.75) is 19.5 Å². The van der Waals surface area contributed by atoms with E-state index in [1.807, 2.05) is 18.5 Å². The molecule has 0 spiro atoms. The molecule has 20 heavy (non-hydrogen) atoms. The Morgan fingerprint density at radius 2 is 2.25 bits per heavy atom.